The molecule has 0 aliphatic carbocycles. The van der Waals surface area contributed by atoms with E-state index in [1.807, 2.05) is 24.3 Å². The van der Waals surface area contributed by atoms with E-state index in [1.54, 1.807) is 0 Å². The molecule has 1 rings (SSSR count). The molecule has 2 nitrogen and oxygen atoms in total. The van der Waals surface area contributed by atoms with Gasteiger partial charge in [-0.05, 0) is 30.7 Å². The van der Waals surface area contributed by atoms with Crippen LogP contribution in [0.5, 0.6) is 5.75 Å². The van der Waals surface area contributed by atoms with Crippen LogP contribution < -0.4 is 4.74 Å². The molecule has 0 fully saturated rings. The van der Waals surface area contributed by atoms with Gasteiger partial charge in [0.05, 0.1) is 18.6 Å². The SMILES string of the molecule is N#CC(CBr)CCOc1ccc(Br)cc1. The summed E-state index contributed by atoms with van der Waals surface area (Å²) in [5.41, 5.74) is 0. The molecule has 1 atom stereocenters. The highest BCUT2D eigenvalue weighted by Crippen LogP contribution is 2.16. The topological polar surface area (TPSA) is 33.0 Å². The van der Waals surface area contributed by atoms with Gasteiger partial charge in [0.25, 0.3) is 0 Å². The summed E-state index contributed by atoms with van der Waals surface area (Å²) in [5, 5.41) is 9.42. The fraction of sp³-hybridized carbons (Fsp3) is 0.364. The molecule has 0 heterocycles. The number of alkyl halides is 1. The molecule has 0 radical (unpaired) electrons. The van der Waals surface area contributed by atoms with Crippen molar-refractivity contribution in [1.82, 2.24) is 0 Å². The lowest BCUT2D eigenvalue weighted by Crippen LogP contribution is -2.06. The third-order valence-corrected chi connectivity index (χ3v) is 3.23. The van der Waals surface area contributed by atoms with Crippen molar-refractivity contribution >= 4 is 31.9 Å². The first kappa shape index (κ1) is 12.5. The van der Waals surface area contributed by atoms with Crippen LogP contribution in [0.4, 0.5) is 0 Å². The predicted octanol–water partition coefficient (Wildman–Crippen LogP) is 3.75. The van der Waals surface area contributed by atoms with Crippen LogP contribution in [-0.2, 0) is 0 Å². The number of rotatable bonds is 5. The van der Waals surface area contributed by atoms with Gasteiger partial charge in [-0.25, -0.2) is 0 Å². The lowest BCUT2D eigenvalue weighted by atomic mass is 10.1. The van der Waals surface area contributed by atoms with Gasteiger partial charge < -0.3 is 4.74 Å². The predicted molar refractivity (Wildman–Crippen MR) is 67.2 cm³/mol. The Morgan fingerprint density at radius 1 is 1.33 bits per heavy atom. The number of hydrogen-bond acceptors (Lipinski definition) is 2. The minimum atomic E-state index is 0.0282. The average Bonchev–Trinajstić information content (AvgIpc) is 2.27. The van der Waals surface area contributed by atoms with Crippen LogP contribution in [0, 0.1) is 17.2 Å². The van der Waals surface area contributed by atoms with E-state index in [1.165, 1.54) is 0 Å². The molecule has 0 spiro atoms. The Balaban J connectivity index is 2.32. The van der Waals surface area contributed by atoms with Crippen molar-refractivity contribution in [3.05, 3.63) is 28.7 Å². The van der Waals surface area contributed by atoms with E-state index in [-0.39, 0.29) is 5.92 Å². The van der Waals surface area contributed by atoms with Crippen LogP contribution in [0.3, 0.4) is 0 Å². The van der Waals surface area contributed by atoms with Gasteiger partial charge in [-0.2, -0.15) is 5.26 Å². The van der Waals surface area contributed by atoms with Gasteiger partial charge >= 0.3 is 0 Å². The quantitative estimate of drug-likeness (QED) is 0.769. The minimum absolute atomic E-state index is 0.0282. The molecule has 80 valence electrons. The van der Waals surface area contributed by atoms with Gasteiger partial charge in [0, 0.05) is 9.80 Å². The lowest BCUT2D eigenvalue weighted by Gasteiger charge is -2.07. The van der Waals surface area contributed by atoms with Gasteiger partial charge in [0.1, 0.15) is 5.75 Å². The number of halogens is 2. The molecule has 0 aromatic heterocycles. The summed E-state index contributed by atoms with van der Waals surface area (Å²) in [6, 6.07) is 9.88. The first-order valence-electron chi connectivity index (χ1n) is 4.60. The second-order valence-corrected chi connectivity index (χ2v) is 4.63. The molecule has 15 heavy (non-hydrogen) atoms. The maximum Gasteiger partial charge on any atom is 0.119 e. The highest BCUT2D eigenvalue weighted by molar-refractivity contribution is 9.10. The van der Waals surface area contributed by atoms with E-state index >= 15 is 0 Å². The van der Waals surface area contributed by atoms with E-state index in [9.17, 15) is 0 Å². The fourth-order valence-corrected chi connectivity index (χ4v) is 1.76. The van der Waals surface area contributed by atoms with Crippen LogP contribution in [0.2, 0.25) is 0 Å². The van der Waals surface area contributed by atoms with Gasteiger partial charge in [-0.3, -0.25) is 0 Å². The molecule has 0 aliphatic heterocycles. The first-order valence-corrected chi connectivity index (χ1v) is 6.51. The summed E-state index contributed by atoms with van der Waals surface area (Å²) >= 11 is 6.64. The van der Waals surface area contributed by atoms with Crippen LogP contribution in [0.1, 0.15) is 6.42 Å². The second kappa shape index (κ2) is 6.86. The Hall–Kier alpha value is -0.530. The zero-order valence-corrected chi connectivity index (χ0v) is 11.3. The van der Waals surface area contributed by atoms with Gasteiger partial charge in [-0.1, -0.05) is 31.9 Å². The molecule has 0 N–H and O–H groups in total. The van der Waals surface area contributed by atoms with E-state index in [0.29, 0.717) is 11.9 Å². The molecular weight excluding hydrogens is 322 g/mol. The Kier molecular flexibility index (Phi) is 5.74. The summed E-state index contributed by atoms with van der Waals surface area (Å²) in [5.74, 6) is 0.866. The van der Waals surface area contributed by atoms with Crippen molar-refractivity contribution < 1.29 is 4.74 Å². The normalized spacial score (nSPS) is 11.8. The summed E-state index contributed by atoms with van der Waals surface area (Å²) in [6.45, 7) is 0.575. The van der Waals surface area contributed by atoms with Gasteiger partial charge in [0.15, 0.2) is 0 Å². The number of nitriles is 1. The number of hydrogen-bond donors (Lipinski definition) is 0. The van der Waals surface area contributed by atoms with Crippen molar-refractivity contribution in [2.75, 3.05) is 11.9 Å². The molecule has 0 aliphatic rings. The first-order chi connectivity index (χ1) is 7.26. The van der Waals surface area contributed by atoms with E-state index in [2.05, 4.69) is 37.9 Å². The molecule has 0 saturated heterocycles. The van der Waals surface area contributed by atoms with Crippen molar-refractivity contribution in [2.45, 2.75) is 6.42 Å². The Bertz CT molecular complexity index is 331. The number of benzene rings is 1. The van der Waals surface area contributed by atoms with Crippen LogP contribution >= 0.6 is 31.9 Å². The van der Waals surface area contributed by atoms with Crippen molar-refractivity contribution in [1.29, 1.82) is 5.26 Å². The Labute approximate surface area is 106 Å². The van der Waals surface area contributed by atoms with Crippen molar-refractivity contribution in [3.8, 4) is 11.8 Å². The highest BCUT2D eigenvalue weighted by Gasteiger charge is 2.04. The largest absolute Gasteiger partial charge is 0.494 e. The monoisotopic (exact) mass is 331 g/mol. The summed E-state index contributed by atoms with van der Waals surface area (Å²) in [4.78, 5) is 0. The maximum atomic E-state index is 8.72. The zero-order valence-electron chi connectivity index (χ0n) is 8.12. The minimum Gasteiger partial charge on any atom is -0.494 e. The van der Waals surface area contributed by atoms with E-state index in [4.69, 9.17) is 10.00 Å². The molecule has 0 amide bonds. The fourth-order valence-electron chi connectivity index (χ4n) is 1.03. The molecule has 1 aromatic carbocycles. The second-order valence-electron chi connectivity index (χ2n) is 3.07. The maximum absolute atomic E-state index is 8.72. The van der Waals surface area contributed by atoms with Crippen molar-refractivity contribution in [3.63, 3.8) is 0 Å². The summed E-state index contributed by atoms with van der Waals surface area (Å²) in [6.07, 6.45) is 0.748. The molecule has 4 heteroatoms. The third-order valence-electron chi connectivity index (χ3n) is 1.92. The smallest absolute Gasteiger partial charge is 0.119 e. The van der Waals surface area contributed by atoms with E-state index < -0.39 is 0 Å². The Morgan fingerprint density at radius 3 is 2.53 bits per heavy atom. The zero-order chi connectivity index (χ0) is 11.1. The summed E-state index contributed by atoms with van der Waals surface area (Å²) < 4.78 is 6.53. The molecule has 1 aromatic rings. The van der Waals surface area contributed by atoms with Crippen LogP contribution in [0.15, 0.2) is 28.7 Å². The van der Waals surface area contributed by atoms with Gasteiger partial charge in [-0.15, -0.1) is 0 Å². The molecule has 0 bridgehead atoms. The lowest BCUT2D eigenvalue weighted by molar-refractivity contribution is 0.298. The van der Waals surface area contributed by atoms with E-state index in [0.717, 1.165) is 16.6 Å². The molecule has 1 unspecified atom stereocenters. The van der Waals surface area contributed by atoms with Crippen LogP contribution in [0.25, 0.3) is 0 Å². The van der Waals surface area contributed by atoms with Gasteiger partial charge in [0.2, 0.25) is 0 Å². The third kappa shape index (κ3) is 4.67. The average molecular weight is 333 g/mol. The summed E-state index contributed by atoms with van der Waals surface area (Å²) in [7, 11) is 0. The Morgan fingerprint density at radius 2 is 2.00 bits per heavy atom. The molecule has 0 saturated carbocycles. The highest BCUT2D eigenvalue weighted by atomic mass is 79.9. The van der Waals surface area contributed by atoms with Crippen LogP contribution in [-0.4, -0.2) is 11.9 Å². The number of ether oxygens (including phenoxy) is 1. The standard InChI is InChI=1S/C11H11Br2NO/c12-7-9(8-14)5-6-15-11-3-1-10(13)2-4-11/h1-4,9H,5-7H2. The molecular formula is C11H11Br2NO. The number of nitrogens with zero attached hydrogens (tertiary/aromatic N) is 1. The van der Waals surface area contributed by atoms with Crippen molar-refractivity contribution in [2.24, 2.45) is 5.92 Å².